The fourth-order valence-electron chi connectivity index (χ4n) is 2.28. The first kappa shape index (κ1) is 25.9. The van der Waals surface area contributed by atoms with E-state index in [0.717, 1.165) is 38.5 Å². The summed E-state index contributed by atoms with van der Waals surface area (Å²) in [6.07, 6.45) is 6.04. The lowest BCUT2D eigenvalue weighted by molar-refractivity contribution is -0.149. The smallest absolute Gasteiger partial charge is 0.303 e. The topological polar surface area (TPSA) is 74.2 Å². The lowest BCUT2D eigenvalue weighted by Crippen LogP contribution is -2.31. The summed E-state index contributed by atoms with van der Waals surface area (Å²) in [4.78, 5) is 11.4. The zero-order valence-electron chi connectivity index (χ0n) is 17.9. The summed E-state index contributed by atoms with van der Waals surface area (Å²) >= 11 is 0. The maximum atomic E-state index is 11.4. The number of hydrogen-bond donors (Lipinski definition) is 1. The Hall–Kier alpha value is -1.11. The second-order valence-corrected chi connectivity index (χ2v) is 6.74. The van der Waals surface area contributed by atoms with Crippen molar-refractivity contribution >= 4 is 5.97 Å². The molecule has 0 saturated carbocycles. The Kier molecular flexibility index (Phi) is 16.3. The van der Waals surface area contributed by atoms with Crippen LogP contribution in [0.1, 0.15) is 73.1 Å². The van der Waals surface area contributed by atoms with Gasteiger partial charge in [0.25, 0.3) is 0 Å². The average molecular weight is 389 g/mol. The maximum Gasteiger partial charge on any atom is 0.303 e. The zero-order valence-corrected chi connectivity index (χ0v) is 17.9. The number of unbranched alkanes of at least 4 members (excludes halogenated alkanes) is 3. The molecule has 0 aliphatic rings. The molecule has 0 aliphatic heterocycles. The van der Waals surface area contributed by atoms with Crippen LogP contribution >= 0.6 is 0 Å². The van der Waals surface area contributed by atoms with Gasteiger partial charge >= 0.3 is 5.97 Å². The van der Waals surface area contributed by atoms with E-state index < -0.39 is 18.2 Å². The molecule has 1 unspecified atom stereocenters. The van der Waals surface area contributed by atoms with Gasteiger partial charge in [-0.05, 0) is 32.3 Å². The number of carbonyl (C=O) groups excluding carboxylic acids is 1. The van der Waals surface area contributed by atoms with Crippen LogP contribution in [0.3, 0.4) is 0 Å². The summed E-state index contributed by atoms with van der Waals surface area (Å²) in [5.74, 6) is -0.524. The number of hydrogen-bond acceptors (Lipinski definition) is 6. The van der Waals surface area contributed by atoms with Crippen molar-refractivity contribution in [3.05, 3.63) is 11.8 Å². The van der Waals surface area contributed by atoms with E-state index in [1.807, 2.05) is 6.92 Å². The van der Waals surface area contributed by atoms with Crippen molar-refractivity contribution in [1.29, 1.82) is 0 Å². The van der Waals surface area contributed by atoms with E-state index in [2.05, 4.69) is 20.8 Å². The SMILES string of the molecule is CCCCOC[C@@H](OC(C)=O)/C(O)=C\[C@@H](OCCCC)C(C)OCCCC. The van der Waals surface area contributed by atoms with Crippen molar-refractivity contribution in [2.75, 3.05) is 26.4 Å². The Balaban J connectivity index is 5.01. The van der Waals surface area contributed by atoms with E-state index in [9.17, 15) is 9.90 Å². The van der Waals surface area contributed by atoms with Gasteiger partial charge < -0.3 is 24.1 Å². The van der Waals surface area contributed by atoms with Gasteiger partial charge in [-0.15, -0.1) is 0 Å². The third-order valence-corrected chi connectivity index (χ3v) is 4.03. The van der Waals surface area contributed by atoms with Crippen molar-refractivity contribution in [3.63, 3.8) is 0 Å². The first-order valence-corrected chi connectivity index (χ1v) is 10.3. The van der Waals surface area contributed by atoms with E-state index >= 15 is 0 Å². The number of aliphatic hydroxyl groups is 1. The molecule has 0 heterocycles. The molecule has 0 aromatic heterocycles. The molecule has 0 bridgehead atoms. The van der Waals surface area contributed by atoms with E-state index in [4.69, 9.17) is 18.9 Å². The molecule has 0 fully saturated rings. The quantitative estimate of drug-likeness (QED) is 0.224. The minimum Gasteiger partial charge on any atom is -0.508 e. The van der Waals surface area contributed by atoms with E-state index in [0.29, 0.717) is 19.8 Å². The minimum atomic E-state index is -0.834. The molecule has 0 aromatic rings. The molecule has 0 saturated heterocycles. The van der Waals surface area contributed by atoms with Crippen molar-refractivity contribution in [3.8, 4) is 0 Å². The molecular formula is C21H40O6. The summed E-state index contributed by atoms with van der Waals surface area (Å²) < 4.78 is 22.5. The predicted octanol–water partition coefficient (Wildman–Crippen LogP) is 4.57. The molecule has 0 aromatic carbocycles. The van der Waals surface area contributed by atoms with Gasteiger partial charge in [0.1, 0.15) is 11.9 Å². The summed E-state index contributed by atoms with van der Waals surface area (Å²) in [7, 11) is 0. The highest BCUT2D eigenvalue weighted by Crippen LogP contribution is 2.14. The Morgan fingerprint density at radius 2 is 1.52 bits per heavy atom. The summed E-state index contributed by atoms with van der Waals surface area (Å²) in [5, 5.41) is 10.5. The standard InChI is InChI=1S/C21H40O6/c1-6-9-12-24-16-21(27-18(5)22)19(23)15-20(26-14-11-8-3)17(4)25-13-10-7-2/h15,17,20-21,23H,6-14,16H2,1-5H3/b19-15+/t17?,20-,21-/m1/s1. The Morgan fingerprint density at radius 3 is 2.07 bits per heavy atom. The van der Waals surface area contributed by atoms with Crippen molar-refractivity contribution in [2.45, 2.75) is 91.5 Å². The van der Waals surface area contributed by atoms with E-state index in [-0.39, 0.29) is 18.5 Å². The maximum absolute atomic E-state index is 11.4. The van der Waals surface area contributed by atoms with Crippen LogP contribution in [0.2, 0.25) is 0 Å². The molecule has 0 radical (unpaired) electrons. The summed E-state index contributed by atoms with van der Waals surface area (Å²) in [5.41, 5.74) is 0. The Morgan fingerprint density at radius 1 is 0.963 bits per heavy atom. The minimum absolute atomic E-state index is 0.0610. The van der Waals surface area contributed by atoms with Crippen LogP contribution in [0, 0.1) is 0 Å². The monoisotopic (exact) mass is 388 g/mol. The molecule has 3 atom stereocenters. The van der Waals surface area contributed by atoms with Crippen LogP contribution in [-0.2, 0) is 23.7 Å². The number of ether oxygens (including phenoxy) is 4. The largest absolute Gasteiger partial charge is 0.508 e. The average Bonchev–Trinajstić information content (AvgIpc) is 2.63. The molecule has 0 rings (SSSR count). The van der Waals surface area contributed by atoms with E-state index in [1.54, 1.807) is 6.08 Å². The van der Waals surface area contributed by atoms with Gasteiger partial charge in [0.2, 0.25) is 0 Å². The molecule has 160 valence electrons. The van der Waals surface area contributed by atoms with Crippen molar-refractivity contribution in [1.82, 2.24) is 0 Å². The normalized spacial score (nSPS) is 15.4. The fraction of sp³-hybridized carbons (Fsp3) is 0.857. The first-order chi connectivity index (χ1) is 13.0. The number of rotatable bonds is 17. The highest BCUT2D eigenvalue weighted by atomic mass is 16.6. The van der Waals surface area contributed by atoms with Crippen LogP contribution in [0.4, 0.5) is 0 Å². The molecule has 0 spiro atoms. The Bertz CT molecular complexity index is 396. The van der Waals surface area contributed by atoms with Crippen LogP contribution in [-0.4, -0.2) is 55.8 Å². The number of esters is 1. The Labute approximate surface area is 165 Å². The number of carbonyl (C=O) groups is 1. The summed E-state index contributed by atoms with van der Waals surface area (Å²) in [6.45, 7) is 11.4. The van der Waals surface area contributed by atoms with Gasteiger partial charge in [0.15, 0.2) is 6.10 Å². The number of aliphatic hydroxyl groups excluding tert-OH is 1. The molecule has 27 heavy (non-hydrogen) atoms. The third-order valence-electron chi connectivity index (χ3n) is 4.03. The lowest BCUT2D eigenvalue weighted by atomic mass is 10.1. The first-order valence-electron chi connectivity index (χ1n) is 10.3. The van der Waals surface area contributed by atoms with Crippen LogP contribution in [0.5, 0.6) is 0 Å². The molecular weight excluding hydrogens is 348 g/mol. The van der Waals surface area contributed by atoms with Gasteiger partial charge in [0.05, 0.1) is 12.7 Å². The van der Waals surface area contributed by atoms with Gasteiger partial charge in [-0.2, -0.15) is 0 Å². The predicted molar refractivity (Wildman–Crippen MR) is 107 cm³/mol. The lowest BCUT2D eigenvalue weighted by Gasteiger charge is -2.24. The fourth-order valence-corrected chi connectivity index (χ4v) is 2.28. The second-order valence-electron chi connectivity index (χ2n) is 6.74. The summed E-state index contributed by atoms with van der Waals surface area (Å²) in [6, 6.07) is 0. The molecule has 6 heteroatoms. The zero-order chi connectivity index (χ0) is 20.5. The van der Waals surface area contributed by atoms with Crippen LogP contribution in [0.25, 0.3) is 0 Å². The van der Waals surface area contributed by atoms with Crippen LogP contribution in [0.15, 0.2) is 11.8 Å². The van der Waals surface area contributed by atoms with Crippen molar-refractivity contribution < 1.29 is 28.8 Å². The molecule has 0 amide bonds. The van der Waals surface area contributed by atoms with Gasteiger partial charge in [-0.3, -0.25) is 4.79 Å². The van der Waals surface area contributed by atoms with Crippen LogP contribution < -0.4 is 0 Å². The van der Waals surface area contributed by atoms with Crippen molar-refractivity contribution in [2.24, 2.45) is 0 Å². The third kappa shape index (κ3) is 13.7. The molecule has 0 aliphatic carbocycles. The van der Waals surface area contributed by atoms with E-state index in [1.165, 1.54) is 6.92 Å². The van der Waals surface area contributed by atoms with Gasteiger partial charge in [-0.25, -0.2) is 0 Å². The second kappa shape index (κ2) is 17.0. The van der Waals surface area contributed by atoms with Gasteiger partial charge in [0, 0.05) is 26.7 Å². The highest BCUT2D eigenvalue weighted by molar-refractivity contribution is 5.66. The van der Waals surface area contributed by atoms with Gasteiger partial charge in [-0.1, -0.05) is 40.0 Å². The molecule has 1 N–H and O–H groups in total. The molecule has 6 nitrogen and oxygen atoms in total. The highest BCUT2D eigenvalue weighted by Gasteiger charge is 2.23.